The van der Waals surface area contributed by atoms with Crippen LogP contribution in [0.3, 0.4) is 0 Å². The molecule has 1 heteroatoms. The van der Waals surface area contributed by atoms with Gasteiger partial charge in [-0.05, 0) is 121 Å². The molecule has 6 aliphatic rings. The summed E-state index contributed by atoms with van der Waals surface area (Å²) in [7, 11) is 1.33. The minimum Gasteiger partial charge on any atom is -0.115 e. The molecule has 6 fully saturated rings. The van der Waals surface area contributed by atoms with Crippen LogP contribution in [0.2, 0.25) is 0 Å². The third-order valence-corrected chi connectivity index (χ3v) is 17.0. The molecule has 1 aliphatic heterocycles. The standard InChI is InChI=1S/C39H69P/c1-4-6-15-30-18-11-13-20-34(30)38-36-24-23-35(33-19-12-10-14-27(33)3)32(5-2)39(36)40-37(38)26-28-21-22-31(25-28)29-16-8-7-9-17-29/h27-40H,4-26H2,1-3H3. The molecule has 6 rings (SSSR count). The van der Waals surface area contributed by atoms with E-state index in [1.165, 1.54) is 53.5 Å². The smallest absolute Gasteiger partial charge is 0.0172 e. The van der Waals surface area contributed by atoms with Crippen molar-refractivity contribution < 1.29 is 0 Å². The first-order chi connectivity index (χ1) is 19.7. The molecule has 0 aromatic rings. The maximum absolute atomic E-state index is 2.65. The van der Waals surface area contributed by atoms with Crippen LogP contribution in [0.4, 0.5) is 0 Å². The Kier molecular flexibility index (Phi) is 11.0. The van der Waals surface area contributed by atoms with Crippen molar-refractivity contribution in [3.63, 3.8) is 0 Å². The summed E-state index contributed by atoms with van der Waals surface area (Å²) in [5.41, 5.74) is 2.24. The summed E-state index contributed by atoms with van der Waals surface area (Å²) in [5.74, 6) is 12.0. The van der Waals surface area contributed by atoms with Crippen LogP contribution < -0.4 is 0 Å². The van der Waals surface area contributed by atoms with Gasteiger partial charge in [0.05, 0.1) is 0 Å². The largest absolute Gasteiger partial charge is 0.115 e. The first-order valence-electron chi connectivity index (χ1n) is 19.4. The molecule has 0 amide bonds. The lowest BCUT2D eigenvalue weighted by atomic mass is 9.57. The summed E-state index contributed by atoms with van der Waals surface area (Å²) in [5, 5.41) is 0. The van der Waals surface area contributed by atoms with E-state index in [1.807, 2.05) is 0 Å². The van der Waals surface area contributed by atoms with E-state index in [4.69, 9.17) is 0 Å². The van der Waals surface area contributed by atoms with Crippen LogP contribution in [-0.4, -0.2) is 11.3 Å². The second kappa shape index (κ2) is 14.5. The van der Waals surface area contributed by atoms with Crippen LogP contribution in [0.1, 0.15) is 168 Å². The lowest BCUT2D eigenvalue weighted by molar-refractivity contribution is 0.0330. The monoisotopic (exact) mass is 569 g/mol. The molecule has 0 nitrogen and oxygen atoms in total. The maximum Gasteiger partial charge on any atom is -0.0172 e. The van der Waals surface area contributed by atoms with Crippen molar-refractivity contribution in [2.75, 3.05) is 0 Å². The van der Waals surface area contributed by atoms with Crippen molar-refractivity contribution in [1.29, 1.82) is 0 Å². The second-order valence-electron chi connectivity index (χ2n) is 16.7. The summed E-state index contributed by atoms with van der Waals surface area (Å²) >= 11 is 0. The summed E-state index contributed by atoms with van der Waals surface area (Å²) in [6.07, 6.45) is 36.0. The first kappa shape index (κ1) is 30.5. The van der Waals surface area contributed by atoms with Gasteiger partial charge in [0.1, 0.15) is 0 Å². The molecule has 0 N–H and O–H groups in total. The molecule has 0 aromatic carbocycles. The van der Waals surface area contributed by atoms with Gasteiger partial charge < -0.3 is 0 Å². The van der Waals surface area contributed by atoms with E-state index in [-0.39, 0.29) is 0 Å². The van der Waals surface area contributed by atoms with Crippen molar-refractivity contribution >= 4 is 8.58 Å². The van der Waals surface area contributed by atoms with Crippen LogP contribution in [0, 0.1) is 65.1 Å². The van der Waals surface area contributed by atoms with Crippen molar-refractivity contribution in [2.24, 2.45) is 65.1 Å². The Balaban J connectivity index is 1.20. The van der Waals surface area contributed by atoms with Crippen LogP contribution >= 0.6 is 8.58 Å². The van der Waals surface area contributed by atoms with Gasteiger partial charge in [-0.25, -0.2) is 0 Å². The van der Waals surface area contributed by atoms with E-state index >= 15 is 0 Å². The quantitative estimate of drug-likeness (QED) is 0.243. The van der Waals surface area contributed by atoms with Crippen LogP contribution in [-0.2, 0) is 0 Å². The Labute approximate surface area is 252 Å². The number of fused-ring (bicyclic) bond motifs is 1. The number of hydrogen-bond acceptors (Lipinski definition) is 0. The lowest BCUT2D eigenvalue weighted by Crippen LogP contribution is -2.44. The van der Waals surface area contributed by atoms with Crippen LogP contribution in [0.15, 0.2) is 0 Å². The highest BCUT2D eigenvalue weighted by Gasteiger charge is 2.54. The van der Waals surface area contributed by atoms with E-state index < -0.39 is 0 Å². The van der Waals surface area contributed by atoms with Gasteiger partial charge in [-0.15, -0.1) is 8.58 Å². The molecule has 13 atom stereocenters. The topological polar surface area (TPSA) is 0 Å². The highest BCUT2D eigenvalue weighted by atomic mass is 31.1. The predicted molar refractivity (Wildman–Crippen MR) is 177 cm³/mol. The Morgan fingerprint density at radius 1 is 0.625 bits per heavy atom. The fourth-order valence-corrected chi connectivity index (χ4v) is 15.9. The lowest BCUT2D eigenvalue weighted by Gasteiger charge is -2.49. The molecule has 0 aromatic heterocycles. The number of hydrogen-bond donors (Lipinski definition) is 0. The molecule has 0 spiro atoms. The van der Waals surface area contributed by atoms with Gasteiger partial charge in [0.25, 0.3) is 0 Å². The minimum absolute atomic E-state index is 1.01. The zero-order chi connectivity index (χ0) is 27.5. The molecule has 13 unspecified atom stereocenters. The van der Waals surface area contributed by atoms with Crippen molar-refractivity contribution in [1.82, 2.24) is 0 Å². The molecular weight excluding hydrogens is 499 g/mol. The summed E-state index contributed by atoms with van der Waals surface area (Å²) in [6, 6.07) is 0. The SMILES string of the molecule is CCCCC1CCCCC1C1C(CC2CCC(C3CCCCC3)C2)PC2C(CC)C(C3CCCCC3C)CCC21. The Bertz CT molecular complexity index is 754. The molecule has 40 heavy (non-hydrogen) atoms. The molecular formula is C39H69P. The Morgan fingerprint density at radius 3 is 2.12 bits per heavy atom. The number of rotatable bonds is 9. The van der Waals surface area contributed by atoms with Gasteiger partial charge in [-0.1, -0.05) is 124 Å². The number of unbranched alkanes of at least 4 members (excludes halogenated alkanes) is 1. The average Bonchev–Trinajstić information content (AvgIpc) is 3.61. The summed E-state index contributed by atoms with van der Waals surface area (Å²) < 4.78 is 0. The predicted octanol–water partition coefficient (Wildman–Crippen LogP) is 12.3. The third-order valence-electron chi connectivity index (χ3n) is 14.7. The van der Waals surface area contributed by atoms with E-state index in [1.54, 1.807) is 103 Å². The van der Waals surface area contributed by atoms with Gasteiger partial charge in [-0.2, -0.15) is 0 Å². The van der Waals surface area contributed by atoms with Crippen molar-refractivity contribution in [3.8, 4) is 0 Å². The fraction of sp³-hybridized carbons (Fsp3) is 1.00. The van der Waals surface area contributed by atoms with Gasteiger partial charge in [0.15, 0.2) is 0 Å². The van der Waals surface area contributed by atoms with Gasteiger partial charge in [-0.3, -0.25) is 0 Å². The third kappa shape index (κ3) is 6.58. The van der Waals surface area contributed by atoms with Crippen molar-refractivity contribution in [2.45, 2.75) is 180 Å². The second-order valence-corrected chi connectivity index (χ2v) is 18.4. The van der Waals surface area contributed by atoms with Crippen molar-refractivity contribution in [3.05, 3.63) is 0 Å². The fourth-order valence-electron chi connectivity index (χ4n) is 12.9. The summed E-state index contributed by atoms with van der Waals surface area (Å²) in [4.78, 5) is 0. The van der Waals surface area contributed by atoms with E-state index in [9.17, 15) is 0 Å². The van der Waals surface area contributed by atoms with E-state index in [0.29, 0.717) is 0 Å². The van der Waals surface area contributed by atoms with E-state index in [2.05, 4.69) is 20.8 Å². The molecule has 230 valence electrons. The highest BCUT2D eigenvalue weighted by molar-refractivity contribution is 7.40. The van der Waals surface area contributed by atoms with Crippen LogP contribution in [0.25, 0.3) is 0 Å². The molecule has 5 saturated carbocycles. The molecule has 1 saturated heterocycles. The van der Waals surface area contributed by atoms with Gasteiger partial charge in [0, 0.05) is 0 Å². The Hall–Kier alpha value is 0.430. The average molecular weight is 569 g/mol. The van der Waals surface area contributed by atoms with Crippen LogP contribution in [0.5, 0.6) is 0 Å². The Morgan fingerprint density at radius 2 is 1.35 bits per heavy atom. The zero-order valence-corrected chi connectivity index (χ0v) is 28.3. The molecule has 0 bridgehead atoms. The highest BCUT2D eigenvalue weighted by Crippen LogP contribution is 2.65. The first-order valence-corrected chi connectivity index (χ1v) is 20.6. The molecule has 0 radical (unpaired) electrons. The molecule has 5 aliphatic carbocycles. The van der Waals surface area contributed by atoms with Gasteiger partial charge in [0.2, 0.25) is 0 Å². The maximum atomic E-state index is 2.65. The normalized spacial score (nSPS) is 47.5. The summed E-state index contributed by atoms with van der Waals surface area (Å²) in [6.45, 7) is 7.71. The van der Waals surface area contributed by atoms with Gasteiger partial charge >= 0.3 is 0 Å². The zero-order valence-electron chi connectivity index (χ0n) is 27.3. The minimum atomic E-state index is 1.01. The molecule has 1 heterocycles. The van der Waals surface area contributed by atoms with E-state index in [0.717, 1.165) is 76.4 Å².